The molecule has 31 heavy (non-hydrogen) atoms. The Morgan fingerprint density at radius 3 is 2.19 bits per heavy atom. The van der Waals surface area contributed by atoms with Crippen molar-refractivity contribution in [3.05, 3.63) is 90.0 Å². The van der Waals surface area contributed by atoms with Crippen LogP contribution in [0.15, 0.2) is 83.8 Å². The van der Waals surface area contributed by atoms with Crippen LogP contribution in [0.5, 0.6) is 5.75 Å². The van der Waals surface area contributed by atoms with Crippen LogP contribution in [0.2, 0.25) is 0 Å². The molecule has 0 heterocycles. The molecule has 0 unspecified atom stereocenters. The summed E-state index contributed by atoms with van der Waals surface area (Å²) in [6.07, 6.45) is 0.217. The van der Waals surface area contributed by atoms with E-state index >= 15 is 0 Å². The van der Waals surface area contributed by atoms with Crippen molar-refractivity contribution in [1.29, 1.82) is 0 Å². The summed E-state index contributed by atoms with van der Waals surface area (Å²) >= 11 is 0. The second-order valence-electron chi connectivity index (χ2n) is 7.12. The number of anilines is 1. The van der Waals surface area contributed by atoms with Gasteiger partial charge in [0.1, 0.15) is 11.8 Å². The minimum absolute atomic E-state index is 0.116. The molecule has 0 aliphatic carbocycles. The van der Waals surface area contributed by atoms with Crippen molar-refractivity contribution in [2.75, 3.05) is 11.9 Å². The van der Waals surface area contributed by atoms with Gasteiger partial charge in [-0.05, 0) is 62.2 Å². The number of rotatable bonds is 9. The molecule has 3 rings (SSSR count). The van der Waals surface area contributed by atoms with E-state index in [0.29, 0.717) is 18.0 Å². The number of aryl methyl sites for hydroxylation is 1. The molecular formula is C24H26N2O4S. The SMILES string of the molecule is CCOc1ccc(NC(=O)[C@@H](Cc2ccccc2)NS(=O)(=O)c2ccc(C)cc2)cc1. The van der Waals surface area contributed by atoms with Crippen LogP contribution in [0.4, 0.5) is 5.69 Å². The van der Waals surface area contributed by atoms with Crippen LogP contribution in [0.1, 0.15) is 18.1 Å². The summed E-state index contributed by atoms with van der Waals surface area (Å²) in [6.45, 7) is 4.32. The van der Waals surface area contributed by atoms with E-state index in [2.05, 4.69) is 10.0 Å². The number of hydrogen-bond acceptors (Lipinski definition) is 4. The number of carbonyl (C=O) groups excluding carboxylic acids is 1. The molecule has 0 aliphatic heterocycles. The first-order valence-electron chi connectivity index (χ1n) is 10.0. The Hall–Kier alpha value is -3.16. The molecule has 3 aromatic rings. The number of hydrogen-bond donors (Lipinski definition) is 2. The van der Waals surface area contributed by atoms with Crippen molar-refractivity contribution >= 4 is 21.6 Å². The van der Waals surface area contributed by atoms with Crippen molar-refractivity contribution in [2.24, 2.45) is 0 Å². The third kappa shape index (κ3) is 6.41. The van der Waals surface area contributed by atoms with E-state index in [1.807, 2.05) is 44.2 Å². The maximum Gasteiger partial charge on any atom is 0.242 e. The molecule has 0 aromatic heterocycles. The molecule has 0 spiro atoms. The zero-order valence-corrected chi connectivity index (χ0v) is 18.4. The van der Waals surface area contributed by atoms with Crippen LogP contribution in [0, 0.1) is 6.92 Å². The molecule has 0 saturated heterocycles. The molecule has 162 valence electrons. The van der Waals surface area contributed by atoms with Gasteiger partial charge in [0, 0.05) is 5.69 Å². The van der Waals surface area contributed by atoms with Gasteiger partial charge in [-0.2, -0.15) is 4.72 Å². The normalized spacial score (nSPS) is 12.2. The maximum absolute atomic E-state index is 13.0. The minimum Gasteiger partial charge on any atom is -0.494 e. The fourth-order valence-electron chi connectivity index (χ4n) is 3.04. The van der Waals surface area contributed by atoms with Gasteiger partial charge in [0.25, 0.3) is 0 Å². The van der Waals surface area contributed by atoms with Crippen LogP contribution < -0.4 is 14.8 Å². The van der Waals surface area contributed by atoms with Gasteiger partial charge in [0.15, 0.2) is 0 Å². The molecule has 0 bridgehead atoms. The van der Waals surface area contributed by atoms with Crippen molar-refractivity contribution < 1.29 is 17.9 Å². The average molecular weight is 439 g/mol. The third-order valence-electron chi connectivity index (χ3n) is 4.66. The maximum atomic E-state index is 13.0. The van der Waals surface area contributed by atoms with Crippen LogP contribution in [-0.4, -0.2) is 27.0 Å². The Kier molecular flexibility index (Phi) is 7.44. The van der Waals surface area contributed by atoms with E-state index < -0.39 is 22.0 Å². The molecule has 1 atom stereocenters. The third-order valence-corrected chi connectivity index (χ3v) is 6.15. The van der Waals surface area contributed by atoms with Gasteiger partial charge < -0.3 is 10.1 Å². The fraction of sp³-hybridized carbons (Fsp3) is 0.208. The Balaban J connectivity index is 1.81. The first-order chi connectivity index (χ1) is 14.9. The van der Waals surface area contributed by atoms with E-state index in [1.165, 1.54) is 12.1 Å². The smallest absolute Gasteiger partial charge is 0.242 e. The first kappa shape index (κ1) is 22.5. The lowest BCUT2D eigenvalue weighted by Crippen LogP contribution is -2.45. The summed E-state index contributed by atoms with van der Waals surface area (Å²) in [7, 11) is -3.88. The Morgan fingerprint density at radius 2 is 1.58 bits per heavy atom. The largest absolute Gasteiger partial charge is 0.494 e. The summed E-state index contributed by atoms with van der Waals surface area (Å²) in [5.41, 5.74) is 2.36. The molecule has 0 fully saturated rings. The molecule has 6 nitrogen and oxygen atoms in total. The molecule has 7 heteroatoms. The van der Waals surface area contributed by atoms with Gasteiger partial charge in [-0.25, -0.2) is 8.42 Å². The highest BCUT2D eigenvalue weighted by Gasteiger charge is 2.26. The number of carbonyl (C=O) groups is 1. The zero-order chi connectivity index (χ0) is 22.3. The number of nitrogens with one attached hydrogen (secondary N) is 2. The van der Waals surface area contributed by atoms with Crippen molar-refractivity contribution in [1.82, 2.24) is 4.72 Å². The lowest BCUT2D eigenvalue weighted by molar-refractivity contribution is -0.117. The van der Waals surface area contributed by atoms with E-state index in [-0.39, 0.29) is 11.3 Å². The van der Waals surface area contributed by atoms with Crippen LogP contribution >= 0.6 is 0 Å². The molecule has 0 aliphatic rings. The number of amides is 1. The van der Waals surface area contributed by atoms with Gasteiger partial charge in [-0.1, -0.05) is 48.0 Å². The molecular weight excluding hydrogens is 412 g/mol. The van der Waals surface area contributed by atoms with Crippen molar-refractivity contribution in [3.63, 3.8) is 0 Å². The van der Waals surface area contributed by atoms with Gasteiger partial charge in [0.05, 0.1) is 11.5 Å². The monoisotopic (exact) mass is 438 g/mol. The number of benzene rings is 3. The van der Waals surface area contributed by atoms with Crippen molar-refractivity contribution in [2.45, 2.75) is 31.2 Å². The lowest BCUT2D eigenvalue weighted by atomic mass is 10.1. The van der Waals surface area contributed by atoms with Crippen LogP contribution in [0.3, 0.4) is 0 Å². The van der Waals surface area contributed by atoms with Crippen LogP contribution in [-0.2, 0) is 21.2 Å². The zero-order valence-electron chi connectivity index (χ0n) is 17.5. The highest BCUT2D eigenvalue weighted by molar-refractivity contribution is 7.89. The van der Waals surface area contributed by atoms with Crippen molar-refractivity contribution in [3.8, 4) is 5.75 Å². The first-order valence-corrected chi connectivity index (χ1v) is 11.5. The van der Waals surface area contributed by atoms with Gasteiger partial charge in [-0.3, -0.25) is 4.79 Å². The van der Waals surface area contributed by atoms with E-state index in [0.717, 1.165) is 11.1 Å². The highest BCUT2D eigenvalue weighted by atomic mass is 32.2. The van der Waals surface area contributed by atoms with E-state index in [9.17, 15) is 13.2 Å². The molecule has 0 saturated carbocycles. The summed E-state index contributed by atoms with van der Waals surface area (Å²) in [6, 6.07) is 21.8. The highest BCUT2D eigenvalue weighted by Crippen LogP contribution is 2.17. The Labute approximate surface area is 183 Å². The fourth-order valence-corrected chi connectivity index (χ4v) is 4.24. The molecule has 0 radical (unpaired) electrons. The van der Waals surface area contributed by atoms with Gasteiger partial charge >= 0.3 is 0 Å². The second-order valence-corrected chi connectivity index (χ2v) is 8.84. The summed E-state index contributed by atoms with van der Waals surface area (Å²) in [5, 5.41) is 2.79. The Bertz CT molecular complexity index is 1100. The second kappa shape index (κ2) is 10.2. The quantitative estimate of drug-likeness (QED) is 0.530. The summed E-state index contributed by atoms with van der Waals surface area (Å²) < 4.78 is 33.8. The summed E-state index contributed by atoms with van der Waals surface area (Å²) in [4.78, 5) is 13.1. The van der Waals surface area contributed by atoms with E-state index in [1.54, 1.807) is 36.4 Å². The molecule has 3 aromatic carbocycles. The van der Waals surface area contributed by atoms with E-state index in [4.69, 9.17) is 4.74 Å². The van der Waals surface area contributed by atoms with Crippen LogP contribution in [0.25, 0.3) is 0 Å². The van der Waals surface area contributed by atoms with Gasteiger partial charge in [0.2, 0.25) is 15.9 Å². The lowest BCUT2D eigenvalue weighted by Gasteiger charge is -2.19. The predicted molar refractivity (Wildman–Crippen MR) is 122 cm³/mol. The standard InChI is InChI=1S/C24H26N2O4S/c1-3-30-21-13-11-20(12-14-21)25-24(27)23(17-19-7-5-4-6-8-19)26-31(28,29)22-15-9-18(2)10-16-22/h4-16,23,26H,3,17H2,1-2H3,(H,25,27)/t23-/m1/s1. The van der Waals surface area contributed by atoms with Gasteiger partial charge in [-0.15, -0.1) is 0 Å². The number of sulfonamides is 1. The molecule has 2 N–H and O–H groups in total. The predicted octanol–water partition coefficient (Wildman–Crippen LogP) is 3.92. The minimum atomic E-state index is -3.88. The topological polar surface area (TPSA) is 84.5 Å². The average Bonchev–Trinajstić information content (AvgIpc) is 2.76. The number of ether oxygens (including phenoxy) is 1. The molecule has 1 amide bonds. The summed E-state index contributed by atoms with van der Waals surface area (Å²) in [5.74, 6) is 0.255. The Morgan fingerprint density at radius 1 is 0.935 bits per heavy atom.